The fourth-order valence-electron chi connectivity index (χ4n) is 4.08. The highest BCUT2D eigenvalue weighted by Crippen LogP contribution is 2.39. The quantitative estimate of drug-likeness (QED) is 0.358. The first kappa shape index (κ1) is 24.6. The van der Waals surface area contributed by atoms with E-state index in [-0.39, 0.29) is 19.0 Å². The van der Waals surface area contributed by atoms with Crippen molar-refractivity contribution in [2.45, 2.75) is 52.4 Å². The number of hydrogen-bond donors (Lipinski definition) is 1. The Balaban J connectivity index is 1.56. The van der Waals surface area contributed by atoms with Gasteiger partial charge in [0.05, 0.1) is 17.7 Å². The van der Waals surface area contributed by atoms with Gasteiger partial charge in [0, 0.05) is 5.56 Å². The number of benzene rings is 3. The Kier molecular flexibility index (Phi) is 7.57. The Labute approximate surface area is 207 Å². The molecule has 0 amide bonds. The Bertz CT molecular complexity index is 1210. The van der Waals surface area contributed by atoms with E-state index in [4.69, 9.17) is 14.2 Å². The van der Waals surface area contributed by atoms with Crippen LogP contribution in [0.5, 0.6) is 17.2 Å². The van der Waals surface area contributed by atoms with Gasteiger partial charge in [-0.1, -0.05) is 49.7 Å². The number of ketones is 1. The summed E-state index contributed by atoms with van der Waals surface area (Å²) >= 11 is 0. The zero-order chi connectivity index (χ0) is 24.8. The van der Waals surface area contributed by atoms with E-state index in [2.05, 4.69) is 6.92 Å². The van der Waals surface area contributed by atoms with Gasteiger partial charge in [0.1, 0.15) is 29.5 Å². The highest BCUT2D eigenvalue weighted by molar-refractivity contribution is 6.00. The third kappa shape index (κ3) is 5.92. The number of carbonyl (C=O) groups excluding carboxylic acids is 1. The monoisotopic (exact) mass is 472 g/mol. The first-order chi connectivity index (χ1) is 16.9. The molecular formula is C30H32O5. The van der Waals surface area contributed by atoms with E-state index in [9.17, 15) is 9.90 Å². The lowest BCUT2D eigenvalue weighted by Crippen LogP contribution is -2.27. The van der Waals surface area contributed by atoms with E-state index in [1.165, 1.54) is 0 Å². The minimum Gasteiger partial charge on any atom is -0.488 e. The lowest BCUT2D eigenvalue weighted by atomic mass is 9.99. The van der Waals surface area contributed by atoms with Crippen LogP contribution in [0.2, 0.25) is 0 Å². The summed E-state index contributed by atoms with van der Waals surface area (Å²) < 4.78 is 18.1. The van der Waals surface area contributed by atoms with Crippen LogP contribution in [0.25, 0.3) is 6.08 Å². The Hall–Kier alpha value is -3.57. The third-order valence-electron chi connectivity index (χ3n) is 5.90. The molecule has 0 aromatic heterocycles. The van der Waals surface area contributed by atoms with Gasteiger partial charge in [0.15, 0.2) is 6.61 Å². The van der Waals surface area contributed by atoms with E-state index < -0.39 is 5.60 Å². The molecule has 0 saturated carbocycles. The number of hydrogen-bond acceptors (Lipinski definition) is 5. The van der Waals surface area contributed by atoms with Gasteiger partial charge >= 0.3 is 0 Å². The summed E-state index contributed by atoms with van der Waals surface area (Å²) in [5.41, 5.74) is 3.51. The van der Waals surface area contributed by atoms with Crippen molar-refractivity contribution in [2.75, 3.05) is 6.61 Å². The van der Waals surface area contributed by atoms with Crippen molar-refractivity contribution in [1.29, 1.82) is 0 Å². The molecule has 3 aromatic rings. The van der Waals surface area contributed by atoms with Crippen molar-refractivity contribution in [1.82, 2.24) is 0 Å². The van der Waals surface area contributed by atoms with Crippen molar-refractivity contribution in [3.63, 3.8) is 0 Å². The lowest BCUT2D eigenvalue weighted by Gasteiger charge is -2.29. The van der Waals surface area contributed by atoms with Gasteiger partial charge in [0.2, 0.25) is 5.78 Å². The SMILES string of the molecule is CCCc1ccc(C(=O)COc2c(CO)ccc3c2C=CC(C)(C)O3)c(OCc2ccccc2)c1. The molecule has 5 nitrogen and oxygen atoms in total. The smallest absolute Gasteiger partial charge is 0.203 e. The normalized spacial score (nSPS) is 13.6. The predicted molar refractivity (Wildman–Crippen MR) is 137 cm³/mol. The molecule has 0 fully saturated rings. The maximum absolute atomic E-state index is 13.3. The molecule has 0 bridgehead atoms. The summed E-state index contributed by atoms with van der Waals surface area (Å²) in [5.74, 6) is 1.47. The Morgan fingerprint density at radius 2 is 1.80 bits per heavy atom. The van der Waals surface area contributed by atoms with Crippen molar-refractivity contribution >= 4 is 11.9 Å². The number of fused-ring (bicyclic) bond motifs is 1. The van der Waals surface area contributed by atoms with Gasteiger partial charge in [-0.2, -0.15) is 0 Å². The molecule has 0 saturated heterocycles. The predicted octanol–water partition coefficient (Wildman–Crippen LogP) is 6.16. The maximum Gasteiger partial charge on any atom is 0.203 e. The number of aliphatic hydroxyl groups excluding tert-OH is 1. The van der Waals surface area contributed by atoms with Gasteiger partial charge < -0.3 is 19.3 Å². The number of rotatable bonds is 10. The molecule has 3 aromatic carbocycles. The highest BCUT2D eigenvalue weighted by atomic mass is 16.5. The number of ether oxygens (including phenoxy) is 3. The molecule has 1 aliphatic heterocycles. The lowest BCUT2D eigenvalue weighted by molar-refractivity contribution is 0.0913. The van der Waals surface area contributed by atoms with Crippen LogP contribution in [-0.2, 0) is 19.6 Å². The van der Waals surface area contributed by atoms with Crippen LogP contribution in [0.3, 0.4) is 0 Å². The van der Waals surface area contributed by atoms with Crippen molar-refractivity contribution in [2.24, 2.45) is 0 Å². The first-order valence-electron chi connectivity index (χ1n) is 12.0. The number of aryl methyl sites for hydroxylation is 1. The molecule has 1 N–H and O–H groups in total. The third-order valence-corrected chi connectivity index (χ3v) is 5.90. The summed E-state index contributed by atoms with van der Waals surface area (Å²) in [5, 5.41) is 9.86. The molecular weight excluding hydrogens is 440 g/mol. The van der Waals surface area contributed by atoms with Crippen LogP contribution in [-0.4, -0.2) is 23.1 Å². The molecule has 0 radical (unpaired) electrons. The van der Waals surface area contributed by atoms with Crippen molar-refractivity contribution in [3.05, 3.63) is 94.6 Å². The molecule has 0 spiro atoms. The van der Waals surface area contributed by atoms with Gasteiger partial charge in [0.25, 0.3) is 0 Å². The minimum atomic E-state index is -0.438. The Morgan fingerprint density at radius 3 is 2.54 bits per heavy atom. The fourth-order valence-corrected chi connectivity index (χ4v) is 4.08. The summed E-state index contributed by atoms with van der Waals surface area (Å²) in [4.78, 5) is 13.3. The molecule has 4 rings (SSSR count). The van der Waals surface area contributed by atoms with E-state index >= 15 is 0 Å². The van der Waals surface area contributed by atoms with E-state index in [1.807, 2.05) is 80.6 Å². The van der Waals surface area contributed by atoms with Crippen LogP contribution < -0.4 is 14.2 Å². The standard InChI is InChI=1S/C30H32O5/c1-4-8-21-11-13-24(28(17-21)33-19-22-9-6-5-7-10-22)26(32)20-34-29-23(18-31)12-14-27-25(29)15-16-30(2,3)35-27/h5-7,9-17,31H,4,8,18-20H2,1-3H3. The summed E-state index contributed by atoms with van der Waals surface area (Å²) in [6.07, 6.45) is 5.77. The van der Waals surface area contributed by atoms with Crippen LogP contribution in [0.15, 0.2) is 66.7 Å². The summed E-state index contributed by atoms with van der Waals surface area (Å²) in [6, 6.07) is 19.2. The second-order valence-electron chi connectivity index (χ2n) is 9.23. The molecule has 0 unspecified atom stereocenters. The minimum absolute atomic E-state index is 0.185. The fraction of sp³-hybridized carbons (Fsp3) is 0.300. The van der Waals surface area contributed by atoms with Gasteiger partial charge in [-0.15, -0.1) is 0 Å². The van der Waals surface area contributed by atoms with Crippen molar-refractivity contribution in [3.8, 4) is 17.2 Å². The average molecular weight is 473 g/mol. The second-order valence-corrected chi connectivity index (χ2v) is 9.23. The molecule has 1 heterocycles. The van der Waals surface area contributed by atoms with E-state index in [0.29, 0.717) is 35.0 Å². The van der Waals surface area contributed by atoms with Crippen LogP contribution >= 0.6 is 0 Å². The summed E-state index contributed by atoms with van der Waals surface area (Å²) in [6.45, 7) is 6.04. The van der Waals surface area contributed by atoms with Crippen molar-refractivity contribution < 1.29 is 24.1 Å². The highest BCUT2D eigenvalue weighted by Gasteiger charge is 2.26. The van der Waals surface area contributed by atoms with Crippen LogP contribution in [0.4, 0.5) is 0 Å². The first-order valence-corrected chi connectivity index (χ1v) is 12.0. The van der Waals surface area contributed by atoms with E-state index in [1.54, 1.807) is 6.07 Å². The maximum atomic E-state index is 13.3. The molecule has 5 heteroatoms. The van der Waals surface area contributed by atoms with Crippen LogP contribution in [0, 0.1) is 0 Å². The molecule has 35 heavy (non-hydrogen) atoms. The Morgan fingerprint density at radius 1 is 1.00 bits per heavy atom. The van der Waals surface area contributed by atoms with E-state index in [0.717, 1.165) is 29.5 Å². The number of aliphatic hydroxyl groups is 1. The van der Waals surface area contributed by atoms with Gasteiger partial charge in [-0.25, -0.2) is 0 Å². The zero-order valence-corrected chi connectivity index (χ0v) is 20.5. The molecule has 1 aliphatic rings. The van der Waals surface area contributed by atoms with Gasteiger partial charge in [-0.05, 0) is 67.8 Å². The number of carbonyl (C=O) groups is 1. The topological polar surface area (TPSA) is 65.0 Å². The zero-order valence-electron chi connectivity index (χ0n) is 20.5. The second kappa shape index (κ2) is 10.8. The molecule has 0 aliphatic carbocycles. The number of Topliss-reactive ketones (excluding diaryl/α,β-unsaturated/α-hetero) is 1. The van der Waals surface area contributed by atoms with Gasteiger partial charge in [-0.3, -0.25) is 4.79 Å². The average Bonchev–Trinajstić information content (AvgIpc) is 2.86. The largest absolute Gasteiger partial charge is 0.488 e. The molecule has 0 atom stereocenters. The summed E-state index contributed by atoms with van der Waals surface area (Å²) in [7, 11) is 0. The molecule has 182 valence electrons. The van der Waals surface area contributed by atoms with Crippen LogP contribution in [0.1, 0.15) is 59.8 Å².